The van der Waals surface area contributed by atoms with Crippen molar-refractivity contribution in [2.75, 3.05) is 0 Å². The number of nitriles is 1. The molecule has 0 heterocycles. The Morgan fingerprint density at radius 1 is 0.909 bits per heavy atom. The van der Waals surface area contributed by atoms with Crippen LogP contribution in [0.2, 0.25) is 10.0 Å². The topological polar surface area (TPSA) is 57.9 Å². The van der Waals surface area contributed by atoms with Crippen molar-refractivity contribution in [1.82, 2.24) is 0 Å². The fourth-order valence-corrected chi connectivity index (χ4v) is 5.01. The van der Waals surface area contributed by atoms with Gasteiger partial charge in [0.25, 0.3) is 0 Å². The van der Waals surface area contributed by atoms with Gasteiger partial charge >= 0.3 is 0 Å². The second-order valence-electron chi connectivity index (χ2n) is 5.20. The van der Waals surface area contributed by atoms with Crippen LogP contribution < -0.4 is 0 Å². The summed E-state index contributed by atoms with van der Waals surface area (Å²) in [5.41, 5.74) is 0.818. The molecule has 1 saturated carbocycles. The molecule has 1 fully saturated rings. The molecule has 112 valence electrons. The van der Waals surface area contributed by atoms with E-state index in [9.17, 15) is 13.7 Å². The minimum Gasteiger partial charge on any atom is -0.223 e. The molecule has 0 N–H and O–H groups in total. The molecule has 0 aliphatic heterocycles. The number of benzene rings is 2. The van der Waals surface area contributed by atoms with Crippen LogP contribution in [0.4, 0.5) is 0 Å². The van der Waals surface area contributed by atoms with E-state index >= 15 is 0 Å². The molecule has 2 aromatic carbocycles. The average molecular weight is 352 g/mol. The van der Waals surface area contributed by atoms with E-state index in [-0.39, 0.29) is 10.8 Å². The van der Waals surface area contributed by atoms with Gasteiger partial charge in [0.15, 0.2) is 9.84 Å². The van der Waals surface area contributed by atoms with Gasteiger partial charge in [-0.15, -0.1) is 0 Å². The monoisotopic (exact) mass is 351 g/mol. The lowest BCUT2D eigenvalue weighted by molar-refractivity contribution is 0.593. The summed E-state index contributed by atoms with van der Waals surface area (Å²) < 4.78 is 25.4. The highest BCUT2D eigenvalue weighted by Crippen LogP contribution is 2.53. The molecule has 0 aromatic heterocycles. The van der Waals surface area contributed by atoms with Gasteiger partial charge in [-0.2, -0.15) is 5.26 Å². The second-order valence-corrected chi connectivity index (χ2v) is 8.17. The number of rotatable bonds is 3. The summed E-state index contributed by atoms with van der Waals surface area (Å²) >= 11 is 11.6. The smallest absolute Gasteiger partial charge is 0.183 e. The van der Waals surface area contributed by atoms with Crippen molar-refractivity contribution in [3.8, 4) is 6.07 Å². The summed E-state index contributed by atoms with van der Waals surface area (Å²) in [6.45, 7) is 0. The van der Waals surface area contributed by atoms with Crippen LogP contribution in [0.3, 0.4) is 0 Å². The van der Waals surface area contributed by atoms with Crippen LogP contribution in [-0.4, -0.2) is 13.7 Å². The summed E-state index contributed by atoms with van der Waals surface area (Å²) in [4.78, 5) is 0.193. The maximum Gasteiger partial charge on any atom is 0.183 e. The highest BCUT2D eigenvalue weighted by atomic mass is 35.5. The van der Waals surface area contributed by atoms with E-state index in [1.807, 2.05) is 0 Å². The van der Waals surface area contributed by atoms with Gasteiger partial charge in [0.05, 0.1) is 22.1 Å². The summed E-state index contributed by atoms with van der Waals surface area (Å²) in [6.07, 6.45) is 0. The number of halogens is 2. The molecule has 1 aliphatic rings. The molecule has 22 heavy (non-hydrogen) atoms. The van der Waals surface area contributed by atoms with Crippen molar-refractivity contribution in [1.29, 1.82) is 5.26 Å². The van der Waals surface area contributed by atoms with E-state index in [4.69, 9.17) is 23.2 Å². The van der Waals surface area contributed by atoms with Crippen LogP contribution in [0.25, 0.3) is 0 Å². The van der Waals surface area contributed by atoms with E-state index in [0.29, 0.717) is 10.0 Å². The zero-order valence-electron chi connectivity index (χ0n) is 11.3. The first-order valence-electron chi connectivity index (χ1n) is 6.59. The first-order valence-corrected chi connectivity index (χ1v) is 8.90. The lowest BCUT2D eigenvalue weighted by Crippen LogP contribution is -2.10. The summed E-state index contributed by atoms with van der Waals surface area (Å²) in [7, 11) is -3.57. The minimum atomic E-state index is -3.57. The zero-order valence-corrected chi connectivity index (χ0v) is 13.6. The number of nitrogens with zero attached hydrogens (tertiary/aromatic N) is 1. The van der Waals surface area contributed by atoms with Crippen molar-refractivity contribution in [2.45, 2.75) is 16.1 Å². The summed E-state index contributed by atoms with van der Waals surface area (Å²) in [5.74, 6) is -0.857. The SMILES string of the molecule is N#C[C@@H]1[C@@H](c2ccc(Cl)cc2)[C@@H]1S(=O)(=O)c1ccc(Cl)cc1. The van der Waals surface area contributed by atoms with Crippen LogP contribution in [0.15, 0.2) is 53.4 Å². The number of hydrogen-bond donors (Lipinski definition) is 0. The quantitative estimate of drug-likeness (QED) is 0.837. The fourth-order valence-electron chi connectivity index (χ4n) is 2.69. The molecule has 0 unspecified atom stereocenters. The predicted octanol–water partition coefficient (Wildman–Crippen LogP) is 4.07. The molecule has 3 rings (SSSR count). The molecule has 0 radical (unpaired) electrons. The van der Waals surface area contributed by atoms with Crippen molar-refractivity contribution in [3.05, 3.63) is 64.1 Å². The summed E-state index contributed by atoms with van der Waals surface area (Å²) in [6, 6.07) is 15.1. The Kier molecular flexibility index (Phi) is 3.90. The number of hydrogen-bond acceptors (Lipinski definition) is 3. The van der Waals surface area contributed by atoms with Crippen LogP contribution >= 0.6 is 23.2 Å². The van der Waals surface area contributed by atoms with Gasteiger partial charge in [0, 0.05) is 16.0 Å². The Bertz CT molecular complexity index is 839. The largest absolute Gasteiger partial charge is 0.223 e. The third-order valence-corrected chi connectivity index (χ3v) is 6.59. The maximum absolute atomic E-state index is 12.7. The molecule has 3 nitrogen and oxygen atoms in total. The van der Waals surface area contributed by atoms with Gasteiger partial charge in [-0.3, -0.25) is 0 Å². The Balaban J connectivity index is 1.95. The molecular formula is C16H11Cl2NO2S. The van der Waals surface area contributed by atoms with Crippen LogP contribution in [-0.2, 0) is 9.84 Å². The van der Waals surface area contributed by atoms with Gasteiger partial charge in [0.1, 0.15) is 0 Å². The molecule has 0 saturated heterocycles. The highest BCUT2D eigenvalue weighted by Gasteiger charge is 2.59. The normalized spacial score (nSPS) is 23.8. The minimum absolute atomic E-state index is 0.193. The van der Waals surface area contributed by atoms with Gasteiger partial charge in [-0.05, 0) is 42.0 Å². The van der Waals surface area contributed by atoms with Gasteiger partial charge < -0.3 is 0 Å². The van der Waals surface area contributed by atoms with Crippen LogP contribution in [0.5, 0.6) is 0 Å². The second kappa shape index (κ2) is 5.58. The maximum atomic E-state index is 12.7. The Morgan fingerprint density at radius 2 is 1.41 bits per heavy atom. The van der Waals surface area contributed by atoms with Gasteiger partial charge in [0.2, 0.25) is 0 Å². The third-order valence-electron chi connectivity index (χ3n) is 3.86. The Morgan fingerprint density at radius 3 is 1.91 bits per heavy atom. The highest BCUT2D eigenvalue weighted by molar-refractivity contribution is 7.92. The number of sulfone groups is 1. The van der Waals surface area contributed by atoms with Gasteiger partial charge in [-0.1, -0.05) is 35.3 Å². The molecule has 1 aliphatic carbocycles. The van der Waals surface area contributed by atoms with E-state index in [1.54, 1.807) is 24.3 Å². The molecule has 0 spiro atoms. The van der Waals surface area contributed by atoms with Crippen LogP contribution in [0.1, 0.15) is 11.5 Å². The van der Waals surface area contributed by atoms with Crippen molar-refractivity contribution in [2.24, 2.45) is 5.92 Å². The van der Waals surface area contributed by atoms with E-state index in [0.717, 1.165) is 5.56 Å². The zero-order chi connectivity index (χ0) is 15.9. The summed E-state index contributed by atoms with van der Waals surface area (Å²) in [5, 5.41) is 9.58. The van der Waals surface area contributed by atoms with Crippen LogP contribution in [0, 0.1) is 17.2 Å². The lowest BCUT2D eigenvalue weighted by Gasteiger charge is -2.04. The third kappa shape index (κ3) is 2.61. The molecular weight excluding hydrogens is 341 g/mol. The molecule has 2 aromatic rings. The average Bonchev–Trinajstić information content (AvgIpc) is 3.24. The molecule has 6 heteroatoms. The Hall–Kier alpha value is -1.54. The molecule has 3 atom stereocenters. The van der Waals surface area contributed by atoms with E-state index in [1.165, 1.54) is 24.3 Å². The van der Waals surface area contributed by atoms with Crippen molar-refractivity contribution >= 4 is 33.0 Å². The standard InChI is InChI=1S/C16H11Cl2NO2S/c17-11-3-1-10(2-4-11)15-14(9-19)16(15)22(20,21)13-7-5-12(18)6-8-13/h1-8,14-16H/t14-,15-,16-/m1/s1. The lowest BCUT2D eigenvalue weighted by atomic mass is 10.1. The van der Waals surface area contributed by atoms with E-state index in [2.05, 4.69) is 6.07 Å². The predicted molar refractivity (Wildman–Crippen MR) is 85.7 cm³/mol. The first-order chi connectivity index (χ1) is 10.4. The van der Waals surface area contributed by atoms with Crippen molar-refractivity contribution in [3.63, 3.8) is 0 Å². The first kappa shape index (κ1) is 15.4. The van der Waals surface area contributed by atoms with Crippen molar-refractivity contribution < 1.29 is 8.42 Å². The molecule has 0 amide bonds. The van der Waals surface area contributed by atoms with E-state index < -0.39 is 21.0 Å². The molecule has 0 bridgehead atoms. The van der Waals surface area contributed by atoms with Gasteiger partial charge in [-0.25, -0.2) is 8.42 Å². The fraction of sp³-hybridized carbons (Fsp3) is 0.188. The Labute approximate surface area is 139 Å².